The average molecular weight is 200 g/mol. The first-order chi connectivity index (χ1) is 6.95. The highest BCUT2D eigenvalue weighted by Crippen LogP contribution is 2.08. The average Bonchev–Trinajstić information content (AvgIpc) is 2.48. The third-order valence-corrected chi connectivity index (χ3v) is 2.87. The highest BCUT2D eigenvalue weighted by Gasteiger charge is 2.18. The SMILES string of the molecule is C1CNCCN(CC2CCOCO2)C1. The Balaban J connectivity index is 1.71. The predicted octanol–water partition coefficient (Wildman–Crippen LogP) is 0.0447. The molecule has 1 atom stereocenters. The van der Waals surface area contributed by atoms with Gasteiger partial charge in [0.05, 0.1) is 12.7 Å². The maximum Gasteiger partial charge on any atom is 0.147 e. The quantitative estimate of drug-likeness (QED) is 0.682. The van der Waals surface area contributed by atoms with Crippen molar-refractivity contribution in [2.45, 2.75) is 18.9 Å². The number of hydrogen-bond donors (Lipinski definition) is 1. The van der Waals surface area contributed by atoms with E-state index in [0.717, 1.165) is 39.2 Å². The second-order valence-electron chi connectivity index (χ2n) is 4.01. The molecule has 0 aromatic rings. The molecule has 0 saturated carbocycles. The van der Waals surface area contributed by atoms with Crippen molar-refractivity contribution in [1.29, 1.82) is 0 Å². The Bertz CT molecular complexity index is 152. The maximum atomic E-state index is 5.54. The van der Waals surface area contributed by atoms with Crippen molar-refractivity contribution in [2.75, 3.05) is 46.1 Å². The van der Waals surface area contributed by atoms with E-state index in [9.17, 15) is 0 Å². The zero-order valence-corrected chi connectivity index (χ0v) is 8.71. The second-order valence-corrected chi connectivity index (χ2v) is 4.01. The summed E-state index contributed by atoms with van der Waals surface area (Å²) >= 11 is 0. The molecular weight excluding hydrogens is 180 g/mol. The van der Waals surface area contributed by atoms with E-state index in [1.165, 1.54) is 13.0 Å². The lowest BCUT2D eigenvalue weighted by Crippen LogP contribution is -2.38. The molecule has 2 saturated heterocycles. The molecule has 2 fully saturated rings. The van der Waals surface area contributed by atoms with E-state index in [2.05, 4.69) is 10.2 Å². The summed E-state index contributed by atoms with van der Waals surface area (Å²) < 4.78 is 10.7. The van der Waals surface area contributed by atoms with E-state index in [1.807, 2.05) is 0 Å². The van der Waals surface area contributed by atoms with Gasteiger partial charge in [0.1, 0.15) is 6.79 Å². The molecule has 4 heteroatoms. The first kappa shape index (κ1) is 10.4. The molecule has 0 aromatic heterocycles. The van der Waals surface area contributed by atoms with Crippen molar-refractivity contribution in [2.24, 2.45) is 0 Å². The van der Waals surface area contributed by atoms with Crippen LogP contribution in [0.1, 0.15) is 12.8 Å². The van der Waals surface area contributed by atoms with Crippen LogP contribution in [-0.4, -0.2) is 57.1 Å². The third kappa shape index (κ3) is 3.20. The minimum absolute atomic E-state index is 0.391. The molecule has 2 rings (SSSR count). The Morgan fingerprint density at radius 3 is 3.14 bits per heavy atom. The lowest BCUT2D eigenvalue weighted by Gasteiger charge is -2.28. The van der Waals surface area contributed by atoms with Crippen LogP contribution in [0.4, 0.5) is 0 Å². The van der Waals surface area contributed by atoms with Gasteiger partial charge in [0, 0.05) is 19.6 Å². The molecule has 0 aromatic carbocycles. The first-order valence-electron chi connectivity index (χ1n) is 5.57. The van der Waals surface area contributed by atoms with E-state index in [0.29, 0.717) is 12.9 Å². The van der Waals surface area contributed by atoms with Gasteiger partial charge in [-0.3, -0.25) is 4.90 Å². The zero-order valence-electron chi connectivity index (χ0n) is 8.71. The number of hydrogen-bond acceptors (Lipinski definition) is 4. The third-order valence-electron chi connectivity index (χ3n) is 2.87. The van der Waals surface area contributed by atoms with Gasteiger partial charge in [0.25, 0.3) is 0 Å². The summed E-state index contributed by atoms with van der Waals surface area (Å²) in [6.45, 7) is 7.04. The van der Waals surface area contributed by atoms with Crippen LogP contribution in [0.3, 0.4) is 0 Å². The number of nitrogens with zero attached hydrogens (tertiary/aromatic N) is 1. The monoisotopic (exact) mass is 200 g/mol. The molecule has 0 amide bonds. The summed E-state index contributed by atoms with van der Waals surface area (Å²) in [5.74, 6) is 0. The molecule has 82 valence electrons. The van der Waals surface area contributed by atoms with Crippen LogP contribution >= 0.6 is 0 Å². The van der Waals surface area contributed by atoms with Crippen molar-refractivity contribution >= 4 is 0 Å². The Morgan fingerprint density at radius 2 is 2.29 bits per heavy atom. The van der Waals surface area contributed by atoms with Crippen molar-refractivity contribution in [1.82, 2.24) is 10.2 Å². The molecule has 14 heavy (non-hydrogen) atoms. The summed E-state index contributed by atoms with van der Waals surface area (Å²) in [6.07, 6.45) is 2.69. The number of rotatable bonds is 2. The lowest BCUT2D eigenvalue weighted by atomic mass is 10.2. The zero-order chi connectivity index (χ0) is 9.64. The Morgan fingerprint density at radius 1 is 1.29 bits per heavy atom. The lowest BCUT2D eigenvalue weighted by molar-refractivity contribution is -0.144. The van der Waals surface area contributed by atoms with Crippen LogP contribution in [-0.2, 0) is 9.47 Å². The fourth-order valence-corrected chi connectivity index (χ4v) is 2.02. The molecule has 2 aliphatic rings. The molecular formula is C10H20N2O2. The molecule has 2 heterocycles. The molecule has 0 radical (unpaired) electrons. The van der Waals surface area contributed by atoms with E-state index in [1.54, 1.807) is 0 Å². The van der Waals surface area contributed by atoms with Crippen LogP contribution in [0, 0.1) is 0 Å². The standard InChI is InChI=1S/C10H20N2O2/c1-3-11-4-6-12(5-1)8-10-2-7-13-9-14-10/h10-11H,1-9H2. The molecule has 1 N–H and O–H groups in total. The summed E-state index contributed by atoms with van der Waals surface area (Å²) in [4.78, 5) is 2.50. The number of nitrogens with one attached hydrogen (secondary N) is 1. The largest absolute Gasteiger partial charge is 0.355 e. The van der Waals surface area contributed by atoms with Gasteiger partial charge in [-0.05, 0) is 25.9 Å². The highest BCUT2D eigenvalue weighted by molar-refractivity contribution is 4.71. The van der Waals surface area contributed by atoms with Crippen LogP contribution in [0.15, 0.2) is 0 Å². The van der Waals surface area contributed by atoms with Gasteiger partial charge < -0.3 is 14.8 Å². The van der Waals surface area contributed by atoms with E-state index in [4.69, 9.17) is 9.47 Å². The molecule has 0 spiro atoms. The van der Waals surface area contributed by atoms with E-state index < -0.39 is 0 Å². The van der Waals surface area contributed by atoms with Crippen molar-refractivity contribution in [3.8, 4) is 0 Å². The van der Waals surface area contributed by atoms with Crippen LogP contribution in [0.5, 0.6) is 0 Å². The normalized spacial score (nSPS) is 31.3. The summed E-state index contributed by atoms with van der Waals surface area (Å²) in [5, 5.41) is 3.41. The second kappa shape index (κ2) is 5.66. The van der Waals surface area contributed by atoms with Crippen LogP contribution < -0.4 is 5.32 Å². The number of ether oxygens (including phenoxy) is 2. The molecule has 0 aliphatic carbocycles. The van der Waals surface area contributed by atoms with E-state index >= 15 is 0 Å². The Labute approximate surface area is 85.5 Å². The minimum atomic E-state index is 0.391. The first-order valence-corrected chi connectivity index (χ1v) is 5.57. The highest BCUT2D eigenvalue weighted by atomic mass is 16.7. The fraction of sp³-hybridized carbons (Fsp3) is 1.00. The van der Waals surface area contributed by atoms with Gasteiger partial charge in [-0.15, -0.1) is 0 Å². The van der Waals surface area contributed by atoms with Gasteiger partial charge >= 0.3 is 0 Å². The van der Waals surface area contributed by atoms with Crippen LogP contribution in [0.25, 0.3) is 0 Å². The topological polar surface area (TPSA) is 33.7 Å². The molecule has 2 aliphatic heterocycles. The van der Waals surface area contributed by atoms with Gasteiger partial charge in [0.15, 0.2) is 0 Å². The van der Waals surface area contributed by atoms with Crippen molar-refractivity contribution < 1.29 is 9.47 Å². The Kier molecular flexibility index (Phi) is 4.19. The predicted molar refractivity (Wildman–Crippen MR) is 54.2 cm³/mol. The maximum absolute atomic E-state index is 5.54. The summed E-state index contributed by atoms with van der Waals surface area (Å²) in [7, 11) is 0. The molecule has 0 bridgehead atoms. The smallest absolute Gasteiger partial charge is 0.147 e. The van der Waals surface area contributed by atoms with Gasteiger partial charge in [-0.25, -0.2) is 0 Å². The summed E-state index contributed by atoms with van der Waals surface area (Å²) in [5.41, 5.74) is 0. The van der Waals surface area contributed by atoms with Gasteiger partial charge in [-0.2, -0.15) is 0 Å². The molecule has 4 nitrogen and oxygen atoms in total. The van der Waals surface area contributed by atoms with Crippen molar-refractivity contribution in [3.05, 3.63) is 0 Å². The summed E-state index contributed by atoms with van der Waals surface area (Å²) in [6, 6.07) is 0. The van der Waals surface area contributed by atoms with Gasteiger partial charge in [-0.1, -0.05) is 0 Å². The minimum Gasteiger partial charge on any atom is -0.355 e. The van der Waals surface area contributed by atoms with E-state index in [-0.39, 0.29) is 0 Å². The van der Waals surface area contributed by atoms with Crippen molar-refractivity contribution in [3.63, 3.8) is 0 Å². The Hall–Kier alpha value is -0.160. The van der Waals surface area contributed by atoms with Gasteiger partial charge in [0.2, 0.25) is 0 Å². The molecule has 1 unspecified atom stereocenters. The fourth-order valence-electron chi connectivity index (χ4n) is 2.02. The van der Waals surface area contributed by atoms with Crippen LogP contribution in [0.2, 0.25) is 0 Å².